The van der Waals surface area contributed by atoms with E-state index in [1.807, 2.05) is 24.3 Å². The summed E-state index contributed by atoms with van der Waals surface area (Å²) in [5, 5.41) is 20.3. The van der Waals surface area contributed by atoms with Gasteiger partial charge in [0.15, 0.2) is 22.2 Å². The Labute approximate surface area is 167 Å². The van der Waals surface area contributed by atoms with Gasteiger partial charge < -0.3 is 24.7 Å². The van der Waals surface area contributed by atoms with Gasteiger partial charge in [-0.25, -0.2) is 9.97 Å². The first-order valence-corrected chi connectivity index (χ1v) is 10.3. The molecule has 11 heteroatoms. The van der Waals surface area contributed by atoms with Gasteiger partial charge in [-0.05, 0) is 12.1 Å². The van der Waals surface area contributed by atoms with Crippen molar-refractivity contribution in [3.8, 4) is 0 Å². The molecular weight excluding hydrogens is 404 g/mol. The number of imidazole rings is 1. The highest BCUT2D eigenvalue weighted by Crippen LogP contribution is 2.49. The molecule has 4 atom stereocenters. The van der Waals surface area contributed by atoms with Crippen LogP contribution in [0.2, 0.25) is 0 Å². The van der Waals surface area contributed by atoms with Gasteiger partial charge in [-0.1, -0.05) is 35.7 Å². The number of aromatic nitrogens is 4. The van der Waals surface area contributed by atoms with Gasteiger partial charge in [-0.2, -0.15) is 0 Å². The third-order valence-corrected chi connectivity index (χ3v) is 7.23. The fourth-order valence-electron chi connectivity index (χ4n) is 3.35. The van der Waals surface area contributed by atoms with Crippen LogP contribution in [0, 0.1) is 0 Å². The second kappa shape index (κ2) is 7.17. The number of fused-ring (bicyclic) bond motifs is 2. The maximum atomic E-state index is 11.9. The van der Waals surface area contributed by atoms with E-state index in [9.17, 15) is 15.0 Å². The molecular formula is C17H16N4O5S2. The predicted molar refractivity (Wildman–Crippen MR) is 102 cm³/mol. The molecule has 3 N–H and O–H groups in total. The number of ether oxygens (including phenoxy) is 2. The second-order valence-electron chi connectivity index (χ2n) is 6.37. The monoisotopic (exact) mass is 420 g/mol. The van der Waals surface area contributed by atoms with E-state index in [0.29, 0.717) is 5.65 Å². The van der Waals surface area contributed by atoms with Crippen LogP contribution < -0.4 is 5.56 Å². The third kappa shape index (κ3) is 2.95. The van der Waals surface area contributed by atoms with E-state index >= 15 is 0 Å². The van der Waals surface area contributed by atoms with Gasteiger partial charge in [0, 0.05) is 9.79 Å². The minimum absolute atomic E-state index is 0.170. The molecule has 2 aliphatic heterocycles. The summed E-state index contributed by atoms with van der Waals surface area (Å²) in [6.45, 7) is -0.358. The predicted octanol–water partition coefficient (Wildman–Crippen LogP) is 0.937. The van der Waals surface area contributed by atoms with E-state index in [1.54, 1.807) is 28.1 Å². The highest BCUT2D eigenvalue weighted by molar-refractivity contribution is 8.19. The first-order chi connectivity index (χ1) is 13.7. The molecule has 9 nitrogen and oxygen atoms in total. The van der Waals surface area contributed by atoms with Crippen molar-refractivity contribution >= 4 is 34.7 Å². The van der Waals surface area contributed by atoms with Crippen molar-refractivity contribution in [2.45, 2.75) is 39.1 Å². The molecule has 5 rings (SSSR count). The standard InChI is InChI=1S/C17H16N4O5S2/c22-5-8-12(23)13(26-17-27-9-3-1-2-4-10(9)28-17)16(25-8)21-7-20-11-14(21)18-6-19-15(11)24/h1-4,6-8,12-13,16-17,22-23H,5H2,(H,18,19,24)/t8-,12-,13-,16-/m1/s1. The van der Waals surface area contributed by atoms with Crippen LogP contribution >= 0.6 is 23.5 Å². The van der Waals surface area contributed by atoms with Crippen LogP contribution in [-0.2, 0) is 9.47 Å². The summed E-state index contributed by atoms with van der Waals surface area (Å²) in [5.74, 6) is 0. The Kier molecular flexibility index (Phi) is 4.65. The molecule has 1 saturated heterocycles. The van der Waals surface area contributed by atoms with Crippen molar-refractivity contribution in [2.75, 3.05) is 6.61 Å². The van der Waals surface area contributed by atoms with Gasteiger partial charge in [-0.15, -0.1) is 0 Å². The lowest BCUT2D eigenvalue weighted by Gasteiger charge is -2.24. The first-order valence-electron chi connectivity index (χ1n) is 8.58. The number of hydrogen-bond acceptors (Lipinski definition) is 9. The van der Waals surface area contributed by atoms with Crippen molar-refractivity contribution in [3.05, 3.63) is 47.3 Å². The average Bonchev–Trinajstić information content (AvgIpc) is 3.38. The minimum atomic E-state index is -1.04. The van der Waals surface area contributed by atoms with Gasteiger partial charge in [0.2, 0.25) is 0 Å². The molecule has 0 radical (unpaired) electrons. The topological polar surface area (TPSA) is 122 Å². The van der Waals surface area contributed by atoms with E-state index in [0.717, 1.165) is 9.79 Å². The molecule has 1 aromatic carbocycles. The zero-order valence-corrected chi connectivity index (χ0v) is 16.0. The highest BCUT2D eigenvalue weighted by atomic mass is 32.2. The molecule has 0 amide bonds. The number of hydrogen-bond donors (Lipinski definition) is 3. The number of aromatic amines is 1. The molecule has 2 aromatic heterocycles. The molecule has 1 fully saturated rings. The maximum Gasteiger partial charge on any atom is 0.278 e. The van der Waals surface area contributed by atoms with Crippen molar-refractivity contribution in [3.63, 3.8) is 0 Å². The van der Waals surface area contributed by atoms with Gasteiger partial charge in [0.05, 0.1) is 19.3 Å². The summed E-state index contributed by atoms with van der Waals surface area (Å²) in [4.78, 5) is 24.9. The Morgan fingerprint density at radius 3 is 2.71 bits per heavy atom. The summed E-state index contributed by atoms with van der Waals surface area (Å²) in [6.07, 6.45) is -0.685. The second-order valence-corrected chi connectivity index (χ2v) is 8.87. The SMILES string of the molecule is O=c1[nH]cnc2c1ncn2[C@@H]1O[C@H](CO)[C@@H](O)[C@H]1OC1Sc2ccccc2S1. The van der Waals surface area contributed by atoms with Gasteiger partial charge in [0.25, 0.3) is 5.56 Å². The zero-order valence-electron chi connectivity index (χ0n) is 14.3. The van der Waals surface area contributed by atoms with E-state index < -0.39 is 24.5 Å². The summed E-state index contributed by atoms with van der Waals surface area (Å²) in [5.41, 5.74) is 0.128. The lowest BCUT2D eigenvalue weighted by molar-refractivity contribution is -0.0646. The quantitative estimate of drug-likeness (QED) is 0.566. The lowest BCUT2D eigenvalue weighted by Crippen LogP contribution is -2.36. The fourth-order valence-corrected chi connectivity index (χ4v) is 5.92. The van der Waals surface area contributed by atoms with Crippen LogP contribution in [0.15, 0.2) is 51.5 Å². The molecule has 2 aliphatic rings. The molecule has 0 aliphatic carbocycles. The van der Waals surface area contributed by atoms with Gasteiger partial charge in [0.1, 0.15) is 18.3 Å². The Morgan fingerprint density at radius 2 is 2.00 bits per heavy atom. The molecule has 0 unspecified atom stereocenters. The van der Waals surface area contributed by atoms with E-state index in [1.165, 1.54) is 12.7 Å². The molecule has 0 bridgehead atoms. The molecule has 0 saturated carbocycles. The molecule has 146 valence electrons. The van der Waals surface area contributed by atoms with E-state index in [4.69, 9.17) is 9.47 Å². The Bertz CT molecular complexity index is 1050. The lowest BCUT2D eigenvalue weighted by atomic mass is 10.1. The summed E-state index contributed by atoms with van der Waals surface area (Å²) < 4.78 is 13.3. The third-order valence-electron chi connectivity index (χ3n) is 4.70. The first kappa shape index (κ1) is 18.2. The number of benzene rings is 1. The number of aliphatic hydroxyl groups excluding tert-OH is 2. The largest absolute Gasteiger partial charge is 0.394 e. The van der Waals surface area contributed by atoms with Gasteiger partial charge in [-0.3, -0.25) is 9.36 Å². The number of nitrogens with zero attached hydrogens (tertiary/aromatic N) is 3. The Morgan fingerprint density at radius 1 is 1.25 bits per heavy atom. The van der Waals surface area contributed by atoms with Crippen LogP contribution in [0.4, 0.5) is 0 Å². The van der Waals surface area contributed by atoms with Crippen molar-refractivity contribution < 1.29 is 19.7 Å². The normalized spacial score (nSPS) is 27.5. The minimum Gasteiger partial charge on any atom is -0.394 e. The van der Waals surface area contributed by atoms with Crippen LogP contribution in [0.5, 0.6) is 0 Å². The smallest absolute Gasteiger partial charge is 0.278 e. The van der Waals surface area contributed by atoms with Crippen molar-refractivity contribution in [1.29, 1.82) is 0 Å². The molecule has 3 aromatic rings. The average molecular weight is 420 g/mol. The maximum absolute atomic E-state index is 11.9. The molecule has 28 heavy (non-hydrogen) atoms. The van der Waals surface area contributed by atoms with Crippen LogP contribution in [0.3, 0.4) is 0 Å². The molecule has 4 heterocycles. The number of nitrogens with one attached hydrogen (secondary N) is 1. The summed E-state index contributed by atoms with van der Waals surface area (Å²) in [6, 6.07) is 7.97. The zero-order chi connectivity index (χ0) is 19.3. The van der Waals surface area contributed by atoms with Crippen molar-refractivity contribution in [1.82, 2.24) is 19.5 Å². The Balaban J connectivity index is 1.46. The number of aliphatic hydroxyl groups is 2. The highest BCUT2D eigenvalue weighted by Gasteiger charge is 2.47. The fraction of sp³-hybridized carbons (Fsp3) is 0.353. The van der Waals surface area contributed by atoms with Crippen LogP contribution in [0.25, 0.3) is 11.2 Å². The Hall–Kier alpha value is -1.89. The van der Waals surface area contributed by atoms with Gasteiger partial charge >= 0.3 is 0 Å². The van der Waals surface area contributed by atoms with Crippen LogP contribution in [0.1, 0.15) is 6.23 Å². The van der Waals surface area contributed by atoms with E-state index in [-0.39, 0.29) is 22.5 Å². The van der Waals surface area contributed by atoms with Crippen LogP contribution in [-0.4, -0.2) is 59.4 Å². The summed E-state index contributed by atoms with van der Waals surface area (Å²) in [7, 11) is 0. The van der Waals surface area contributed by atoms with Crippen molar-refractivity contribution in [2.24, 2.45) is 0 Å². The number of rotatable bonds is 4. The number of thioether (sulfide) groups is 2. The number of H-pyrrole nitrogens is 1. The molecule has 0 spiro atoms. The van der Waals surface area contributed by atoms with E-state index in [2.05, 4.69) is 15.0 Å². The summed E-state index contributed by atoms with van der Waals surface area (Å²) >= 11 is 3.11.